The Morgan fingerprint density at radius 1 is 0.941 bits per heavy atom. The average molecular weight is 234 g/mol. The van der Waals surface area contributed by atoms with Gasteiger partial charge in [-0.1, -0.05) is 59.6 Å². The molecule has 0 bridgehead atoms. The summed E-state index contributed by atoms with van der Waals surface area (Å²) in [6.07, 6.45) is 4.08. The zero-order valence-corrected chi connectivity index (χ0v) is 11.9. The Morgan fingerprint density at radius 2 is 1.35 bits per heavy atom. The van der Waals surface area contributed by atoms with Gasteiger partial charge >= 0.3 is 0 Å². The van der Waals surface area contributed by atoms with Crippen LogP contribution in [0.2, 0.25) is 0 Å². The van der Waals surface area contributed by atoms with E-state index in [-0.39, 0.29) is 5.41 Å². The molecule has 96 valence electrons. The molecule has 1 N–H and O–H groups in total. The molecule has 1 aromatic carbocycles. The maximum absolute atomic E-state index is 10.2. The fraction of sp³-hybridized carbons (Fsp3) is 0.625. The lowest BCUT2D eigenvalue weighted by molar-refractivity contribution is 0.458. The topological polar surface area (TPSA) is 20.2 Å². The van der Waals surface area contributed by atoms with Crippen LogP contribution in [0.5, 0.6) is 5.75 Å². The maximum atomic E-state index is 10.2. The van der Waals surface area contributed by atoms with Gasteiger partial charge in [0.1, 0.15) is 5.75 Å². The number of benzene rings is 1. The third kappa shape index (κ3) is 3.49. The average Bonchev–Trinajstić information content (AvgIpc) is 2.22. The summed E-state index contributed by atoms with van der Waals surface area (Å²) in [5, 5.41) is 10.2. The smallest absolute Gasteiger partial charge is 0.121 e. The summed E-state index contributed by atoms with van der Waals surface area (Å²) in [5.74, 6) is 0.529. The van der Waals surface area contributed by atoms with Crippen molar-refractivity contribution < 1.29 is 5.11 Å². The van der Waals surface area contributed by atoms with Gasteiger partial charge in [0.05, 0.1) is 0 Å². The second-order valence-corrected chi connectivity index (χ2v) is 5.89. The summed E-state index contributed by atoms with van der Waals surface area (Å²) in [4.78, 5) is 0. The van der Waals surface area contributed by atoms with Gasteiger partial charge in [0.25, 0.3) is 0 Å². The minimum absolute atomic E-state index is 0.151. The summed E-state index contributed by atoms with van der Waals surface area (Å²) in [7, 11) is 0. The second kappa shape index (κ2) is 5.57. The van der Waals surface area contributed by atoms with Crippen molar-refractivity contribution in [3.63, 3.8) is 0 Å². The number of hydrogen-bond acceptors (Lipinski definition) is 1. The molecule has 1 nitrogen and oxygen atoms in total. The first kappa shape index (κ1) is 14.1. The Kier molecular flexibility index (Phi) is 4.62. The molecule has 1 rings (SSSR count). The zero-order chi connectivity index (χ0) is 13.1. The van der Waals surface area contributed by atoms with Crippen LogP contribution in [0, 0.1) is 0 Å². The molecule has 0 aliphatic rings. The molecule has 17 heavy (non-hydrogen) atoms. The van der Waals surface area contributed by atoms with E-state index in [9.17, 15) is 5.11 Å². The van der Waals surface area contributed by atoms with Gasteiger partial charge in [-0.25, -0.2) is 0 Å². The highest BCUT2D eigenvalue weighted by atomic mass is 16.3. The van der Waals surface area contributed by atoms with Crippen molar-refractivity contribution in [1.29, 1.82) is 0 Å². The van der Waals surface area contributed by atoms with Gasteiger partial charge in [0.2, 0.25) is 0 Å². The van der Waals surface area contributed by atoms with Gasteiger partial charge in [0, 0.05) is 0 Å². The van der Waals surface area contributed by atoms with Crippen LogP contribution in [0.15, 0.2) is 12.1 Å². The summed E-state index contributed by atoms with van der Waals surface area (Å²) < 4.78 is 0. The first-order valence-corrected chi connectivity index (χ1v) is 6.75. The molecule has 0 unspecified atom stereocenters. The SMILES string of the molecule is CCCc1cc(C(C)(C)C)cc(CCC)c1O. The van der Waals surface area contributed by atoms with Crippen molar-refractivity contribution in [3.05, 3.63) is 28.8 Å². The molecule has 0 amide bonds. The van der Waals surface area contributed by atoms with Crippen LogP contribution in [0.4, 0.5) is 0 Å². The molecule has 0 heterocycles. The van der Waals surface area contributed by atoms with Gasteiger partial charge in [-0.3, -0.25) is 0 Å². The largest absolute Gasteiger partial charge is 0.507 e. The summed E-state index contributed by atoms with van der Waals surface area (Å²) in [6, 6.07) is 4.36. The zero-order valence-electron chi connectivity index (χ0n) is 11.9. The highest BCUT2D eigenvalue weighted by Crippen LogP contribution is 2.32. The van der Waals surface area contributed by atoms with Crippen LogP contribution in [-0.2, 0) is 18.3 Å². The highest BCUT2D eigenvalue weighted by Gasteiger charge is 2.17. The molecule has 0 aliphatic carbocycles. The first-order chi connectivity index (χ1) is 7.90. The van der Waals surface area contributed by atoms with Crippen molar-refractivity contribution in [3.8, 4) is 5.75 Å². The fourth-order valence-corrected chi connectivity index (χ4v) is 2.11. The van der Waals surface area contributed by atoms with Crippen LogP contribution in [0.1, 0.15) is 64.2 Å². The molecule has 0 saturated heterocycles. The van der Waals surface area contributed by atoms with E-state index in [0.717, 1.165) is 36.8 Å². The number of aromatic hydroxyl groups is 1. The Balaban J connectivity index is 3.26. The van der Waals surface area contributed by atoms with Gasteiger partial charge in [-0.15, -0.1) is 0 Å². The number of hydrogen-bond donors (Lipinski definition) is 1. The molecule has 0 saturated carbocycles. The lowest BCUT2D eigenvalue weighted by atomic mass is 9.83. The Bertz CT molecular complexity index is 345. The van der Waals surface area contributed by atoms with E-state index in [1.807, 2.05) is 0 Å². The van der Waals surface area contributed by atoms with Crippen molar-refractivity contribution in [2.45, 2.75) is 65.7 Å². The normalized spacial score (nSPS) is 11.8. The number of phenolic OH excluding ortho intramolecular Hbond substituents is 1. The molecule has 0 atom stereocenters. The number of aryl methyl sites for hydroxylation is 2. The standard InChI is InChI=1S/C16H26O/c1-6-8-12-10-14(16(3,4)5)11-13(9-7-2)15(12)17/h10-11,17H,6-9H2,1-5H3. The summed E-state index contributed by atoms with van der Waals surface area (Å²) >= 11 is 0. The minimum Gasteiger partial charge on any atom is -0.507 e. The quantitative estimate of drug-likeness (QED) is 0.807. The van der Waals surface area contributed by atoms with Crippen molar-refractivity contribution >= 4 is 0 Å². The minimum atomic E-state index is 0.151. The fourth-order valence-electron chi connectivity index (χ4n) is 2.11. The van der Waals surface area contributed by atoms with Crippen LogP contribution < -0.4 is 0 Å². The van der Waals surface area contributed by atoms with Gasteiger partial charge in [0.15, 0.2) is 0 Å². The second-order valence-electron chi connectivity index (χ2n) is 5.89. The highest BCUT2D eigenvalue weighted by molar-refractivity contribution is 5.45. The van der Waals surface area contributed by atoms with Crippen LogP contribution in [0.3, 0.4) is 0 Å². The van der Waals surface area contributed by atoms with Crippen LogP contribution >= 0.6 is 0 Å². The van der Waals surface area contributed by atoms with E-state index in [1.54, 1.807) is 0 Å². The molecular weight excluding hydrogens is 208 g/mol. The van der Waals surface area contributed by atoms with E-state index in [1.165, 1.54) is 5.56 Å². The first-order valence-electron chi connectivity index (χ1n) is 6.75. The summed E-state index contributed by atoms with van der Waals surface area (Å²) in [6.45, 7) is 11.0. The molecule has 1 heteroatoms. The lowest BCUT2D eigenvalue weighted by Gasteiger charge is -2.22. The lowest BCUT2D eigenvalue weighted by Crippen LogP contribution is -2.12. The third-order valence-corrected chi connectivity index (χ3v) is 3.17. The summed E-state index contributed by atoms with van der Waals surface area (Å²) in [5.41, 5.74) is 3.72. The van der Waals surface area contributed by atoms with Crippen molar-refractivity contribution in [2.75, 3.05) is 0 Å². The van der Waals surface area contributed by atoms with Gasteiger partial charge < -0.3 is 5.11 Å². The van der Waals surface area contributed by atoms with Gasteiger partial charge in [-0.05, 0) is 34.9 Å². The Labute approximate surface area is 106 Å². The predicted molar refractivity (Wildman–Crippen MR) is 74.8 cm³/mol. The van der Waals surface area contributed by atoms with Crippen molar-refractivity contribution in [2.24, 2.45) is 0 Å². The van der Waals surface area contributed by atoms with E-state index < -0.39 is 0 Å². The number of phenols is 1. The van der Waals surface area contributed by atoms with Crippen LogP contribution in [0.25, 0.3) is 0 Å². The molecular formula is C16H26O. The molecule has 0 spiro atoms. The number of rotatable bonds is 4. The molecule has 0 radical (unpaired) electrons. The van der Waals surface area contributed by atoms with Gasteiger partial charge in [-0.2, -0.15) is 0 Å². The Morgan fingerprint density at radius 3 is 1.65 bits per heavy atom. The van der Waals surface area contributed by atoms with E-state index in [0.29, 0.717) is 5.75 Å². The maximum Gasteiger partial charge on any atom is 0.121 e. The van der Waals surface area contributed by atoms with E-state index >= 15 is 0 Å². The Hall–Kier alpha value is -0.980. The van der Waals surface area contributed by atoms with Crippen molar-refractivity contribution in [1.82, 2.24) is 0 Å². The monoisotopic (exact) mass is 234 g/mol. The molecule has 1 aromatic rings. The molecule has 0 fully saturated rings. The van der Waals surface area contributed by atoms with E-state index in [2.05, 4.69) is 46.8 Å². The third-order valence-electron chi connectivity index (χ3n) is 3.17. The molecule has 0 aromatic heterocycles. The predicted octanol–water partition coefficient (Wildman–Crippen LogP) is 4.59. The molecule has 0 aliphatic heterocycles. The van der Waals surface area contributed by atoms with E-state index in [4.69, 9.17) is 0 Å². The van der Waals surface area contributed by atoms with Crippen LogP contribution in [-0.4, -0.2) is 5.11 Å².